The van der Waals surface area contributed by atoms with Crippen LogP contribution < -0.4 is 5.32 Å². The molecule has 0 fully saturated rings. The number of rotatable bonds is 2. The Hall–Kier alpha value is -0.180. The molecule has 0 radical (unpaired) electrons. The van der Waals surface area contributed by atoms with Crippen molar-refractivity contribution >= 4 is 18.5 Å². The van der Waals surface area contributed by atoms with E-state index in [1.165, 1.54) is 0 Å². The summed E-state index contributed by atoms with van der Waals surface area (Å²) in [6.07, 6.45) is 0. The highest BCUT2D eigenvalue weighted by Crippen LogP contribution is 1.66. The van der Waals surface area contributed by atoms with Crippen LogP contribution in [0.25, 0.3) is 0 Å². The lowest BCUT2D eigenvalue weighted by Crippen LogP contribution is -2.21. The molecule has 0 aliphatic carbocycles. The highest BCUT2D eigenvalue weighted by atomic mass is 32.1. The van der Waals surface area contributed by atoms with Gasteiger partial charge >= 0.3 is 0 Å². The van der Waals surface area contributed by atoms with Gasteiger partial charge < -0.3 is 5.32 Å². The molecule has 42 valence electrons. The standard InChI is InChI=1S/C4H9NOS/c1-4(6)5-2-3-7/h7H,2-3H2,1H3,(H,5,6)/i1D2. The summed E-state index contributed by atoms with van der Waals surface area (Å²) < 4.78 is 13.2. The Morgan fingerprint density at radius 2 is 2.86 bits per heavy atom. The van der Waals surface area contributed by atoms with Gasteiger partial charge in [-0.25, -0.2) is 0 Å². The Kier molecular flexibility index (Phi) is 2.15. The molecule has 7 heavy (non-hydrogen) atoms. The molecule has 0 heterocycles. The maximum absolute atomic E-state index is 10.4. The summed E-state index contributed by atoms with van der Waals surface area (Å²) in [5.74, 6) is -0.0256. The van der Waals surface area contributed by atoms with Gasteiger partial charge in [0.05, 0.1) is 0 Å². The number of amides is 1. The molecule has 0 saturated carbocycles. The van der Waals surface area contributed by atoms with Gasteiger partial charge in [0.15, 0.2) is 0 Å². The van der Waals surface area contributed by atoms with E-state index in [4.69, 9.17) is 2.74 Å². The van der Waals surface area contributed by atoms with Crippen LogP contribution in [0.4, 0.5) is 0 Å². The van der Waals surface area contributed by atoms with E-state index in [2.05, 4.69) is 17.9 Å². The first-order valence-electron chi connectivity index (χ1n) is 3.07. The van der Waals surface area contributed by atoms with Crippen LogP contribution >= 0.6 is 12.6 Å². The monoisotopic (exact) mass is 121 g/mol. The van der Waals surface area contributed by atoms with E-state index in [1.807, 2.05) is 0 Å². The normalized spacial score (nSPS) is 12.9. The molecule has 1 N–H and O–H groups in total. The van der Waals surface area contributed by atoms with Crippen molar-refractivity contribution < 1.29 is 7.54 Å². The Labute approximate surface area is 51.5 Å². The number of carbonyl (C=O) groups is 1. The Balaban J connectivity index is 3.28. The van der Waals surface area contributed by atoms with Gasteiger partial charge in [-0.2, -0.15) is 12.6 Å². The van der Waals surface area contributed by atoms with Gasteiger partial charge in [0.2, 0.25) is 5.91 Å². The van der Waals surface area contributed by atoms with Gasteiger partial charge in [0.1, 0.15) is 0 Å². The summed E-state index contributed by atoms with van der Waals surface area (Å²) in [4.78, 5) is 10.4. The van der Waals surface area contributed by atoms with Gasteiger partial charge in [-0.1, -0.05) is 0 Å². The lowest BCUT2D eigenvalue weighted by atomic mass is 10.6. The van der Waals surface area contributed by atoms with Crippen molar-refractivity contribution in [2.75, 3.05) is 12.3 Å². The largest absolute Gasteiger partial charge is 0.356 e. The van der Waals surface area contributed by atoms with Crippen LogP contribution in [0.15, 0.2) is 0 Å². The number of nitrogens with one attached hydrogen (secondary N) is 1. The third-order valence-electron chi connectivity index (χ3n) is 0.411. The second kappa shape index (κ2) is 3.99. The number of thiol groups is 1. The third-order valence-corrected chi connectivity index (χ3v) is 0.635. The van der Waals surface area contributed by atoms with Crippen LogP contribution in [0.2, 0.25) is 0 Å². The molecule has 0 aromatic rings. The predicted molar refractivity (Wildman–Crippen MR) is 32.5 cm³/mol. The molecule has 2 nitrogen and oxygen atoms in total. The van der Waals surface area contributed by atoms with E-state index < -0.39 is 12.8 Å². The molecule has 0 aromatic carbocycles. The second-order valence-electron chi connectivity index (χ2n) is 1.01. The first-order chi connectivity index (χ1) is 4.18. The summed E-state index contributed by atoms with van der Waals surface area (Å²) in [5.41, 5.74) is 0. The average Bonchev–Trinajstić information content (AvgIpc) is 1.82. The fourth-order valence-corrected chi connectivity index (χ4v) is 0.291. The van der Waals surface area contributed by atoms with E-state index in [1.54, 1.807) is 0 Å². The number of hydrogen-bond donors (Lipinski definition) is 2. The van der Waals surface area contributed by atoms with E-state index >= 15 is 0 Å². The van der Waals surface area contributed by atoms with Crippen molar-refractivity contribution in [3.05, 3.63) is 0 Å². The molecule has 0 aromatic heterocycles. The van der Waals surface area contributed by atoms with Crippen molar-refractivity contribution in [2.24, 2.45) is 0 Å². The highest BCUT2D eigenvalue weighted by molar-refractivity contribution is 7.80. The number of hydrogen-bond acceptors (Lipinski definition) is 2. The van der Waals surface area contributed by atoms with Crippen LogP contribution in [-0.2, 0) is 4.79 Å². The van der Waals surface area contributed by atoms with E-state index in [9.17, 15) is 4.79 Å². The average molecular weight is 121 g/mol. The topological polar surface area (TPSA) is 29.1 Å². The van der Waals surface area contributed by atoms with Crippen LogP contribution in [0, 0.1) is 0 Å². The van der Waals surface area contributed by atoms with Gasteiger partial charge in [-0.15, -0.1) is 0 Å². The van der Waals surface area contributed by atoms with Crippen LogP contribution in [0.5, 0.6) is 0 Å². The van der Waals surface area contributed by atoms with Crippen molar-refractivity contribution in [2.45, 2.75) is 6.88 Å². The smallest absolute Gasteiger partial charge is 0.216 e. The molecular formula is C4H9NOS. The lowest BCUT2D eigenvalue weighted by molar-refractivity contribution is -0.118. The summed E-state index contributed by atoms with van der Waals surface area (Å²) in [5, 5.41) is 2.34. The van der Waals surface area contributed by atoms with Gasteiger partial charge in [-0.05, 0) is 0 Å². The summed E-state index contributed by atoms with van der Waals surface area (Å²) in [6, 6.07) is 0. The zero-order valence-corrected chi connectivity index (χ0v) is 4.74. The Morgan fingerprint density at radius 3 is 3.29 bits per heavy atom. The minimum Gasteiger partial charge on any atom is -0.356 e. The maximum atomic E-state index is 10.4. The molecule has 0 unspecified atom stereocenters. The summed E-state index contributed by atoms with van der Waals surface area (Å²) >= 11 is 3.83. The van der Waals surface area contributed by atoms with E-state index in [-0.39, 0.29) is 0 Å². The lowest BCUT2D eigenvalue weighted by Gasteiger charge is -1.93. The van der Waals surface area contributed by atoms with Gasteiger partial charge in [-0.3, -0.25) is 4.79 Å². The molecular weight excluding hydrogens is 110 g/mol. The molecule has 0 bridgehead atoms. The first kappa shape index (κ1) is 3.78. The van der Waals surface area contributed by atoms with Crippen LogP contribution in [0.1, 0.15) is 9.62 Å². The number of carbonyl (C=O) groups excluding carboxylic acids is 1. The first-order valence-corrected chi connectivity index (χ1v) is 2.55. The molecule has 0 spiro atoms. The second-order valence-corrected chi connectivity index (χ2v) is 1.46. The fourth-order valence-electron chi connectivity index (χ4n) is 0.179. The molecule has 0 atom stereocenters. The minimum absolute atomic E-state index is 0.427. The third kappa shape index (κ3) is 5.82. The molecule has 1 amide bonds. The zero-order valence-electron chi connectivity index (χ0n) is 5.85. The van der Waals surface area contributed by atoms with Crippen LogP contribution in [0.3, 0.4) is 0 Å². The Bertz CT molecular complexity index is 98.6. The zero-order chi connectivity index (χ0) is 7.28. The molecule has 0 aliphatic heterocycles. The van der Waals surface area contributed by atoms with Gasteiger partial charge in [0, 0.05) is 21.9 Å². The van der Waals surface area contributed by atoms with Crippen molar-refractivity contribution in [1.29, 1.82) is 0 Å². The SMILES string of the molecule is [2H]C([2H])C(=O)NCCS. The van der Waals surface area contributed by atoms with E-state index in [0.29, 0.717) is 12.3 Å². The van der Waals surface area contributed by atoms with Crippen LogP contribution in [-0.4, -0.2) is 18.2 Å². The van der Waals surface area contributed by atoms with Crippen molar-refractivity contribution in [3.63, 3.8) is 0 Å². The molecule has 3 heteroatoms. The minimum atomic E-state index is -1.41. The summed E-state index contributed by atoms with van der Waals surface area (Å²) in [6.45, 7) is -0.985. The van der Waals surface area contributed by atoms with Gasteiger partial charge in [0.25, 0.3) is 0 Å². The highest BCUT2D eigenvalue weighted by Gasteiger charge is 1.83. The molecule has 0 saturated heterocycles. The summed E-state index contributed by atoms with van der Waals surface area (Å²) in [7, 11) is 0. The fraction of sp³-hybridized carbons (Fsp3) is 0.750. The quantitative estimate of drug-likeness (QED) is 0.497. The molecule has 0 rings (SSSR count). The van der Waals surface area contributed by atoms with Crippen molar-refractivity contribution in [1.82, 2.24) is 5.32 Å². The van der Waals surface area contributed by atoms with E-state index in [0.717, 1.165) is 0 Å². The molecule has 0 aliphatic rings. The van der Waals surface area contributed by atoms with Crippen molar-refractivity contribution in [3.8, 4) is 0 Å². The Morgan fingerprint density at radius 1 is 2.14 bits per heavy atom. The maximum Gasteiger partial charge on any atom is 0.216 e. The predicted octanol–water partition coefficient (Wildman–Crippen LogP) is 0.0523.